The van der Waals surface area contributed by atoms with Gasteiger partial charge in [0, 0.05) is 11.8 Å². The molecule has 0 amide bonds. The second-order valence-electron chi connectivity index (χ2n) is 3.39. The molecule has 0 saturated heterocycles. The maximum atomic E-state index is 4.28. The summed E-state index contributed by atoms with van der Waals surface area (Å²) in [4.78, 5) is 4.28. The highest BCUT2D eigenvalue weighted by Crippen LogP contribution is 2.23. The fraction of sp³-hybridized carbons (Fsp3) is 0. The Bertz CT molecular complexity index is 557. The molecule has 1 heteroatoms. The quantitative estimate of drug-likeness (QED) is 0.515. The van der Waals surface area contributed by atoms with Crippen molar-refractivity contribution < 1.29 is 0 Å². The highest BCUT2D eigenvalue weighted by Gasteiger charge is 2.01. The Morgan fingerprint density at radius 1 is 0.786 bits per heavy atom. The number of nitrogens with zero attached hydrogens (tertiary/aromatic N) is 1. The molecule has 1 heterocycles. The first-order chi connectivity index (χ1) is 6.93. The van der Waals surface area contributed by atoms with Crippen LogP contribution in [0.1, 0.15) is 0 Å². The van der Waals surface area contributed by atoms with Crippen LogP contribution in [0, 0.1) is 0 Å². The lowest BCUT2D eigenvalue weighted by Crippen LogP contribution is -1.66. The van der Waals surface area contributed by atoms with E-state index in [0.717, 1.165) is 5.69 Å². The molecule has 0 atom stereocenters. The Morgan fingerprint density at radius 3 is 2.57 bits per heavy atom. The van der Waals surface area contributed by atoms with Crippen molar-refractivity contribution in [2.75, 3.05) is 0 Å². The van der Waals surface area contributed by atoms with Gasteiger partial charge in [-0.2, -0.15) is 0 Å². The molecule has 0 saturated carbocycles. The zero-order valence-corrected chi connectivity index (χ0v) is 7.64. The summed E-state index contributed by atoms with van der Waals surface area (Å²) in [6, 6.07) is 16.8. The molecule has 1 aliphatic heterocycles. The number of hydrogen-bond donors (Lipinski definition) is 0. The van der Waals surface area contributed by atoms with E-state index in [4.69, 9.17) is 0 Å². The lowest BCUT2D eigenvalue weighted by molar-refractivity contribution is 1.42. The number of rotatable bonds is 0. The van der Waals surface area contributed by atoms with Crippen molar-refractivity contribution in [3.63, 3.8) is 0 Å². The van der Waals surface area contributed by atoms with E-state index < -0.39 is 0 Å². The number of aromatic nitrogens is 1. The first-order valence-corrected chi connectivity index (χ1v) is 4.67. The molecule has 0 radical (unpaired) electrons. The Balaban J connectivity index is 2.48. The summed E-state index contributed by atoms with van der Waals surface area (Å²) in [5, 5.41) is 2.51. The summed E-state index contributed by atoms with van der Waals surface area (Å²) in [6.45, 7) is 0. The van der Waals surface area contributed by atoms with Crippen LogP contribution in [0.4, 0.5) is 0 Å². The predicted octanol–water partition coefficient (Wildman–Crippen LogP) is 3.34. The molecule has 0 fully saturated rings. The van der Waals surface area contributed by atoms with E-state index in [-0.39, 0.29) is 0 Å². The van der Waals surface area contributed by atoms with Gasteiger partial charge in [-0.3, -0.25) is 4.98 Å². The van der Waals surface area contributed by atoms with Gasteiger partial charge in [0.25, 0.3) is 0 Å². The zero-order chi connectivity index (χ0) is 9.38. The van der Waals surface area contributed by atoms with Crippen molar-refractivity contribution in [2.45, 2.75) is 0 Å². The van der Waals surface area contributed by atoms with Crippen LogP contribution in [0.3, 0.4) is 0 Å². The van der Waals surface area contributed by atoms with Crippen molar-refractivity contribution in [3.05, 3.63) is 54.7 Å². The van der Waals surface area contributed by atoms with Gasteiger partial charge < -0.3 is 0 Å². The third-order valence-electron chi connectivity index (χ3n) is 2.49. The molecule has 0 N–H and O–H groups in total. The second-order valence-corrected chi connectivity index (χ2v) is 3.39. The van der Waals surface area contributed by atoms with Crippen molar-refractivity contribution in [3.8, 4) is 11.3 Å². The van der Waals surface area contributed by atoms with Gasteiger partial charge in [0.15, 0.2) is 0 Å². The number of benzene rings is 1. The molecule has 14 heavy (non-hydrogen) atoms. The van der Waals surface area contributed by atoms with E-state index in [2.05, 4.69) is 47.4 Å². The fourth-order valence-corrected chi connectivity index (χ4v) is 1.75. The van der Waals surface area contributed by atoms with Gasteiger partial charge in [-0.15, -0.1) is 0 Å². The van der Waals surface area contributed by atoms with Crippen molar-refractivity contribution in [1.82, 2.24) is 4.98 Å². The minimum Gasteiger partial charge on any atom is -0.256 e. The normalized spacial score (nSPS) is 10.9. The van der Waals surface area contributed by atoms with Gasteiger partial charge in [0.1, 0.15) is 0 Å². The van der Waals surface area contributed by atoms with E-state index in [1.54, 1.807) is 0 Å². The van der Waals surface area contributed by atoms with Crippen LogP contribution in [0.5, 0.6) is 0 Å². The maximum Gasteiger partial charge on any atom is 0.0702 e. The predicted molar refractivity (Wildman–Crippen MR) is 58.4 cm³/mol. The van der Waals surface area contributed by atoms with Crippen LogP contribution in [0.25, 0.3) is 22.0 Å². The summed E-state index contributed by atoms with van der Waals surface area (Å²) in [5.74, 6) is 0. The third-order valence-corrected chi connectivity index (χ3v) is 2.49. The smallest absolute Gasteiger partial charge is 0.0702 e. The Morgan fingerprint density at radius 2 is 1.64 bits per heavy atom. The Labute approximate surface area is 82.4 Å². The highest BCUT2D eigenvalue weighted by atomic mass is 14.7. The Hall–Kier alpha value is -1.89. The zero-order valence-electron chi connectivity index (χ0n) is 7.64. The second kappa shape index (κ2) is 2.81. The molecule has 0 bridgehead atoms. The molecule has 66 valence electrons. The van der Waals surface area contributed by atoms with Crippen molar-refractivity contribution >= 4 is 10.8 Å². The van der Waals surface area contributed by atoms with Gasteiger partial charge in [-0.1, -0.05) is 30.3 Å². The minimum atomic E-state index is 1.06. The van der Waals surface area contributed by atoms with Gasteiger partial charge in [-0.25, -0.2) is 0 Å². The topological polar surface area (TPSA) is 12.9 Å². The van der Waals surface area contributed by atoms with Crippen LogP contribution in [-0.4, -0.2) is 4.98 Å². The van der Waals surface area contributed by atoms with Crippen molar-refractivity contribution in [1.29, 1.82) is 0 Å². The maximum absolute atomic E-state index is 4.28. The molecule has 1 aromatic carbocycles. The SMILES string of the molecule is c1ccc2cc3ccnc-3ccc2c1. The largest absolute Gasteiger partial charge is 0.256 e. The lowest BCUT2D eigenvalue weighted by atomic mass is 10.2. The molecule has 1 aromatic rings. The average molecular weight is 179 g/mol. The molecule has 0 spiro atoms. The van der Waals surface area contributed by atoms with E-state index in [1.165, 1.54) is 16.3 Å². The van der Waals surface area contributed by atoms with Crippen LogP contribution < -0.4 is 0 Å². The number of fused-ring (bicyclic) bond motifs is 2. The fourth-order valence-electron chi connectivity index (χ4n) is 1.75. The van der Waals surface area contributed by atoms with Crippen LogP contribution in [-0.2, 0) is 0 Å². The highest BCUT2D eigenvalue weighted by molar-refractivity contribution is 5.86. The standard InChI is InChI=1S/C13H9N/c1-2-4-11-9-12-7-8-14-13(12)6-5-10(11)3-1/h1-9H. The van der Waals surface area contributed by atoms with E-state index in [9.17, 15) is 0 Å². The minimum absolute atomic E-state index is 1.06. The molecule has 0 unspecified atom stereocenters. The summed E-state index contributed by atoms with van der Waals surface area (Å²) in [6.07, 6.45) is 1.85. The number of hydrogen-bond acceptors (Lipinski definition) is 1. The molecule has 2 aliphatic rings. The summed E-state index contributed by atoms with van der Waals surface area (Å²) < 4.78 is 0. The van der Waals surface area contributed by atoms with E-state index >= 15 is 0 Å². The first kappa shape index (κ1) is 7.51. The molecular formula is C13H9N. The van der Waals surface area contributed by atoms with Crippen LogP contribution in [0.15, 0.2) is 54.7 Å². The first-order valence-electron chi connectivity index (χ1n) is 4.67. The van der Waals surface area contributed by atoms with Gasteiger partial charge in [0.05, 0.1) is 5.69 Å². The van der Waals surface area contributed by atoms with Crippen LogP contribution in [0.2, 0.25) is 0 Å². The summed E-state index contributed by atoms with van der Waals surface area (Å²) >= 11 is 0. The third kappa shape index (κ3) is 1.06. The molecular weight excluding hydrogens is 170 g/mol. The monoisotopic (exact) mass is 179 g/mol. The van der Waals surface area contributed by atoms with Gasteiger partial charge in [-0.05, 0) is 29.0 Å². The average Bonchev–Trinajstić information content (AvgIpc) is 2.58. The molecule has 3 rings (SSSR count). The van der Waals surface area contributed by atoms with Crippen LogP contribution >= 0.6 is 0 Å². The van der Waals surface area contributed by atoms with E-state index in [0.29, 0.717) is 0 Å². The van der Waals surface area contributed by atoms with Gasteiger partial charge >= 0.3 is 0 Å². The van der Waals surface area contributed by atoms with Gasteiger partial charge in [0.2, 0.25) is 0 Å². The Kier molecular flexibility index (Phi) is 1.51. The summed E-state index contributed by atoms with van der Waals surface area (Å²) in [5.41, 5.74) is 2.26. The molecule has 0 aromatic heterocycles. The van der Waals surface area contributed by atoms with E-state index in [1.807, 2.05) is 12.3 Å². The summed E-state index contributed by atoms with van der Waals surface area (Å²) in [7, 11) is 0. The van der Waals surface area contributed by atoms with Crippen molar-refractivity contribution in [2.24, 2.45) is 0 Å². The lowest BCUT2D eigenvalue weighted by Gasteiger charge is -1.89. The molecule has 1 nitrogen and oxygen atoms in total. The molecule has 1 aliphatic carbocycles.